The maximum atomic E-state index is 13.8. The van der Waals surface area contributed by atoms with Crippen LogP contribution < -0.4 is 9.47 Å². The van der Waals surface area contributed by atoms with E-state index >= 15 is 0 Å². The van der Waals surface area contributed by atoms with Gasteiger partial charge >= 0.3 is 11.9 Å². The second-order valence-electron chi connectivity index (χ2n) is 10.4. The molecule has 3 aliphatic rings. The number of carbonyl (C=O) groups excluding carboxylic acids is 3. The molecule has 0 spiro atoms. The van der Waals surface area contributed by atoms with Gasteiger partial charge in [-0.2, -0.15) is 0 Å². The van der Waals surface area contributed by atoms with Crippen molar-refractivity contribution in [3.8, 4) is 11.5 Å². The van der Waals surface area contributed by atoms with Gasteiger partial charge in [0.2, 0.25) is 5.91 Å². The number of methoxy groups -OCH3 is 2. The van der Waals surface area contributed by atoms with E-state index in [1.807, 2.05) is 52.8 Å². The van der Waals surface area contributed by atoms with Crippen molar-refractivity contribution in [2.75, 3.05) is 40.5 Å². The number of carbonyl (C=O) groups is 3. The van der Waals surface area contributed by atoms with Crippen LogP contribution in [0.5, 0.6) is 11.5 Å². The number of hydrogen-bond donors (Lipinski definition) is 0. The number of amides is 1. The average molecular weight is 620 g/mol. The summed E-state index contributed by atoms with van der Waals surface area (Å²) in [6, 6.07) is 14.3. The molecule has 10 nitrogen and oxygen atoms in total. The lowest BCUT2D eigenvalue weighted by Crippen LogP contribution is -2.44. The van der Waals surface area contributed by atoms with Gasteiger partial charge < -0.3 is 28.7 Å². The molecule has 0 N–H and O–H groups in total. The van der Waals surface area contributed by atoms with E-state index in [1.54, 1.807) is 39.0 Å². The third kappa shape index (κ3) is 6.19. The first-order valence-electron chi connectivity index (χ1n) is 14.8. The summed E-state index contributed by atoms with van der Waals surface area (Å²) in [7, 11) is 3.12. The molecule has 0 saturated carbocycles. The second-order valence-corrected chi connectivity index (χ2v) is 11.3. The zero-order valence-corrected chi connectivity index (χ0v) is 26.2. The van der Waals surface area contributed by atoms with Crippen molar-refractivity contribution in [2.45, 2.75) is 39.2 Å². The maximum Gasteiger partial charge on any atom is 0.338 e. The Bertz CT molecular complexity index is 1500. The molecule has 1 fully saturated rings. The molecule has 1 saturated heterocycles. The normalized spacial score (nSPS) is 19.5. The number of esters is 2. The number of rotatable bonds is 10. The van der Waals surface area contributed by atoms with Crippen molar-refractivity contribution in [3.05, 3.63) is 76.3 Å². The predicted molar refractivity (Wildman–Crippen MR) is 168 cm³/mol. The van der Waals surface area contributed by atoms with Crippen molar-refractivity contribution in [2.24, 2.45) is 10.9 Å². The number of amidine groups is 1. The molecular weight excluding hydrogens is 582 g/mol. The SMILES string of the molecule is CCOC(=O)C1=C(c2ccccc2)N=C2SC=C(CC(=O)N3CCCC(C(=O)OCC)C3)N2C1c1cccc(OC)c1OC. The van der Waals surface area contributed by atoms with E-state index in [0.29, 0.717) is 65.3 Å². The number of fused-ring (bicyclic) bond motifs is 1. The summed E-state index contributed by atoms with van der Waals surface area (Å²) in [4.78, 5) is 48.6. The molecule has 11 heteroatoms. The van der Waals surface area contributed by atoms with Crippen molar-refractivity contribution >= 4 is 40.5 Å². The van der Waals surface area contributed by atoms with Gasteiger partial charge in [-0.3, -0.25) is 9.59 Å². The third-order valence-electron chi connectivity index (χ3n) is 7.81. The van der Waals surface area contributed by atoms with Gasteiger partial charge in [-0.25, -0.2) is 9.79 Å². The average Bonchev–Trinajstić information content (AvgIpc) is 3.46. The fourth-order valence-electron chi connectivity index (χ4n) is 5.83. The number of hydrogen-bond acceptors (Lipinski definition) is 10. The van der Waals surface area contributed by atoms with Crippen LogP contribution in [0.3, 0.4) is 0 Å². The Kier molecular flexibility index (Phi) is 9.94. The lowest BCUT2D eigenvalue weighted by Gasteiger charge is -2.38. The molecule has 2 atom stereocenters. The van der Waals surface area contributed by atoms with Gasteiger partial charge in [0.25, 0.3) is 0 Å². The molecule has 3 aliphatic heterocycles. The zero-order valence-electron chi connectivity index (χ0n) is 25.4. The van der Waals surface area contributed by atoms with E-state index in [0.717, 1.165) is 12.0 Å². The van der Waals surface area contributed by atoms with Crippen LogP contribution in [0.1, 0.15) is 50.3 Å². The summed E-state index contributed by atoms with van der Waals surface area (Å²) in [6.45, 7) is 4.91. The topological polar surface area (TPSA) is 107 Å². The Hall–Kier alpha value is -4.25. The minimum atomic E-state index is -0.732. The van der Waals surface area contributed by atoms with Gasteiger partial charge in [-0.05, 0) is 38.2 Å². The Morgan fingerprint density at radius 2 is 1.75 bits per heavy atom. The van der Waals surface area contributed by atoms with Gasteiger partial charge in [0, 0.05) is 29.9 Å². The molecule has 0 bridgehead atoms. The largest absolute Gasteiger partial charge is 0.493 e. The van der Waals surface area contributed by atoms with Crippen molar-refractivity contribution in [1.29, 1.82) is 0 Å². The van der Waals surface area contributed by atoms with Gasteiger partial charge in [0.05, 0.1) is 57.1 Å². The molecule has 2 aromatic rings. The van der Waals surface area contributed by atoms with Crippen molar-refractivity contribution < 1.29 is 33.3 Å². The highest BCUT2D eigenvalue weighted by molar-refractivity contribution is 8.16. The summed E-state index contributed by atoms with van der Waals surface area (Å²) in [5, 5.41) is 2.53. The van der Waals surface area contributed by atoms with Crippen LogP contribution in [0, 0.1) is 5.92 Å². The first-order valence-corrected chi connectivity index (χ1v) is 15.6. The van der Waals surface area contributed by atoms with E-state index < -0.39 is 12.0 Å². The molecule has 1 amide bonds. The van der Waals surface area contributed by atoms with E-state index in [9.17, 15) is 14.4 Å². The standard InChI is InChI=1S/C33H37N3O7S/c1-5-42-31(38)22-14-11-17-35(19-22)26(37)18-23-20-44-33-34-28(21-12-8-7-9-13-21)27(32(39)43-6-2)29(36(23)33)24-15-10-16-25(40-3)30(24)41-4/h7-10,12-13,15-16,20,22,29H,5-6,11,14,17-19H2,1-4H3. The molecule has 0 aliphatic carbocycles. The predicted octanol–water partition coefficient (Wildman–Crippen LogP) is 5.17. The Morgan fingerprint density at radius 3 is 2.45 bits per heavy atom. The van der Waals surface area contributed by atoms with E-state index in [2.05, 4.69) is 0 Å². The highest BCUT2D eigenvalue weighted by Gasteiger charge is 2.44. The number of benzene rings is 2. The minimum Gasteiger partial charge on any atom is -0.493 e. The molecule has 5 rings (SSSR count). The first kappa shape index (κ1) is 31.2. The van der Waals surface area contributed by atoms with Crippen molar-refractivity contribution in [1.82, 2.24) is 9.80 Å². The molecular formula is C33H37N3O7S. The summed E-state index contributed by atoms with van der Waals surface area (Å²) < 4.78 is 22.3. The number of nitrogens with zero attached hydrogens (tertiary/aromatic N) is 3. The summed E-state index contributed by atoms with van der Waals surface area (Å²) in [6.07, 6.45) is 1.47. The quantitative estimate of drug-likeness (QED) is 0.333. The van der Waals surface area contributed by atoms with E-state index in [1.165, 1.54) is 11.8 Å². The molecule has 0 aromatic heterocycles. The fraction of sp³-hybridized carbons (Fsp3) is 0.394. The summed E-state index contributed by atoms with van der Waals surface area (Å²) in [5.74, 6) is -0.267. The first-order chi connectivity index (χ1) is 21.4. The van der Waals surface area contributed by atoms with Gasteiger partial charge in [0.1, 0.15) is 0 Å². The number of ether oxygens (including phenoxy) is 4. The lowest BCUT2D eigenvalue weighted by atomic mass is 9.90. The maximum absolute atomic E-state index is 13.8. The molecule has 2 unspecified atom stereocenters. The Balaban J connectivity index is 1.57. The van der Waals surface area contributed by atoms with Gasteiger partial charge in [0.15, 0.2) is 16.7 Å². The zero-order chi connectivity index (χ0) is 31.2. The van der Waals surface area contributed by atoms with Crippen LogP contribution in [-0.2, 0) is 23.9 Å². The summed E-state index contributed by atoms with van der Waals surface area (Å²) in [5.41, 5.74) is 2.93. The van der Waals surface area contributed by atoms with Crippen LogP contribution in [-0.4, -0.2) is 73.3 Å². The van der Waals surface area contributed by atoms with Crippen LogP contribution in [0.15, 0.2) is 70.2 Å². The van der Waals surface area contributed by atoms with Crippen LogP contribution in [0.4, 0.5) is 0 Å². The summed E-state index contributed by atoms with van der Waals surface area (Å²) >= 11 is 1.39. The van der Waals surface area contributed by atoms with E-state index in [-0.39, 0.29) is 30.8 Å². The van der Waals surface area contributed by atoms with Gasteiger partial charge in [-0.1, -0.05) is 54.2 Å². The molecule has 3 heterocycles. The Labute approximate surface area is 261 Å². The fourth-order valence-corrected chi connectivity index (χ4v) is 6.75. The highest BCUT2D eigenvalue weighted by atomic mass is 32.2. The number of para-hydroxylation sites is 1. The number of aliphatic imine (C=N–C) groups is 1. The second kappa shape index (κ2) is 14.0. The van der Waals surface area contributed by atoms with Crippen LogP contribution >= 0.6 is 11.8 Å². The third-order valence-corrected chi connectivity index (χ3v) is 8.70. The van der Waals surface area contributed by atoms with Crippen LogP contribution in [0.25, 0.3) is 5.70 Å². The number of likely N-dealkylation sites (tertiary alicyclic amines) is 1. The molecule has 232 valence electrons. The minimum absolute atomic E-state index is 0.0567. The van der Waals surface area contributed by atoms with Crippen molar-refractivity contribution in [3.63, 3.8) is 0 Å². The van der Waals surface area contributed by atoms with Crippen LogP contribution in [0.2, 0.25) is 0 Å². The molecule has 44 heavy (non-hydrogen) atoms. The Morgan fingerprint density at radius 1 is 0.977 bits per heavy atom. The lowest BCUT2D eigenvalue weighted by molar-refractivity contribution is -0.151. The number of thioether (sulfide) groups is 1. The highest BCUT2D eigenvalue weighted by Crippen LogP contribution is 2.50. The monoisotopic (exact) mass is 619 g/mol. The molecule has 0 radical (unpaired) electrons. The smallest absolute Gasteiger partial charge is 0.338 e. The van der Waals surface area contributed by atoms with Gasteiger partial charge in [-0.15, -0.1) is 0 Å². The number of piperidine rings is 1. The molecule has 2 aromatic carbocycles. The van der Waals surface area contributed by atoms with E-state index in [4.69, 9.17) is 23.9 Å².